The Balaban J connectivity index is 1.91. The first kappa shape index (κ1) is 15.2. The van der Waals surface area contributed by atoms with Crippen molar-refractivity contribution in [1.29, 1.82) is 0 Å². The highest BCUT2D eigenvalue weighted by Crippen LogP contribution is 2.14. The molecule has 2 unspecified atom stereocenters. The van der Waals surface area contributed by atoms with E-state index in [-0.39, 0.29) is 12.7 Å². The topological polar surface area (TPSA) is 70.5 Å². The molecule has 1 aliphatic rings. The molecule has 0 aromatic carbocycles. The van der Waals surface area contributed by atoms with Crippen LogP contribution < -0.4 is 5.32 Å². The van der Waals surface area contributed by atoms with Crippen LogP contribution in [0.2, 0.25) is 0 Å². The quantitative estimate of drug-likeness (QED) is 0.806. The molecule has 20 heavy (non-hydrogen) atoms. The summed E-state index contributed by atoms with van der Waals surface area (Å²) in [5.74, 6) is 0.818. The van der Waals surface area contributed by atoms with Crippen LogP contribution in [0.3, 0.4) is 0 Å². The second-order valence-electron chi connectivity index (χ2n) is 5.24. The van der Waals surface area contributed by atoms with Crippen molar-refractivity contribution in [3.05, 3.63) is 18.1 Å². The Kier molecular flexibility index (Phi) is 5.70. The molecule has 6 heteroatoms. The maximum absolute atomic E-state index is 9.19. The van der Waals surface area contributed by atoms with E-state index in [0.29, 0.717) is 12.6 Å². The molecule has 2 heterocycles. The van der Waals surface area contributed by atoms with Gasteiger partial charge >= 0.3 is 0 Å². The minimum atomic E-state index is -0.0929. The van der Waals surface area contributed by atoms with Crippen LogP contribution >= 0.6 is 0 Å². The molecule has 1 aliphatic heterocycles. The number of aromatic nitrogens is 2. The molecule has 1 aromatic rings. The van der Waals surface area contributed by atoms with Gasteiger partial charge in [-0.3, -0.25) is 9.88 Å². The molecule has 1 aromatic heterocycles. The number of anilines is 1. The molecular formula is C14H24N4O2. The SMILES string of the molecule is CCCNc1cnc(CN2CC(CO)OCC2C)cn1. The lowest BCUT2D eigenvalue weighted by Gasteiger charge is -2.37. The third-order valence-electron chi connectivity index (χ3n) is 3.46. The number of aliphatic hydroxyl groups is 1. The van der Waals surface area contributed by atoms with E-state index in [2.05, 4.69) is 34.0 Å². The lowest BCUT2D eigenvalue weighted by atomic mass is 10.2. The normalized spacial score (nSPS) is 23.8. The van der Waals surface area contributed by atoms with Crippen LogP contribution in [-0.2, 0) is 11.3 Å². The van der Waals surface area contributed by atoms with Gasteiger partial charge in [0.2, 0.25) is 0 Å². The predicted octanol–water partition coefficient (Wildman–Crippen LogP) is 0.880. The van der Waals surface area contributed by atoms with Crippen molar-refractivity contribution in [3.63, 3.8) is 0 Å². The van der Waals surface area contributed by atoms with Gasteiger partial charge in [0.15, 0.2) is 0 Å². The first-order valence-electron chi connectivity index (χ1n) is 7.24. The maximum atomic E-state index is 9.19. The molecule has 2 atom stereocenters. The van der Waals surface area contributed by atoms with E-state index < -0.39 is 0 Å². The highest BCUT2D eigenvalue weighted by atomic mass is 16.5. The molecule has 2 rings (SSSR count). The lowest BCUT2D eigenvalue weighted by Crippen LogP contribution is -2.48. The van der Waals surface area contributed by atoms with Gasteiger partial charge in [0.1, 0.15) is 5.82 Å². The maximum Gasteiger partial charge on any atom is 0.144 e. The molecule has 0 radical (unpaired) electrons. The average Bonchev–Trinajstić information content (AvgIpc) is 2.49. The molecule has 2 N–H and O–H groups in total. The van der Waals surface area contributed by atoms with Crippen LogP contribution in [0.15, 0.2) is 12.4 Å². The first-order valence-corrected chi connectivity index (χ1v) is 7.24. The van der Waals surface area contributed by atoms with Crippen molar-refractivity contribution in [3.8, 4) is 0 Å². The second-order valence-corrected chi connectivity index (χ2v) is 5.24. The van der Waals surface area contributed by atoms with Gasteiger partial charge in [0, 0.05) is 25.7 Å². The van der Waals surface area contributed by atoms with E-state index in [1.165, 1.54) is 0 Å². The molecule has 6 nitrogen and oxygen atoms in total. The number of ether oxygens (including phenoxy) is 1. The van der Waals surface area contributed by atoms with E-state index in [9.17, 15) is 5.11 Å². The van der Waals surface area contributed by atoms with E-state index in [1.807, 2.05) is 6.20 Å². The van der Waals surface area contributed by atoms with Gasteiger partial charge in [-0.15, -0.1) is 0 Å². The van der Waals surface area contributed by atoms with E-state index >= 15 is 0 Å². The van der Waals surface area contributed by atoms with Crippen LogP contribution in [0, 0.1) is 0 Å². The summed E-state index contributed by atoms with van der Waals surface area (Å²) in [7, 11) is 0. The second kappa shape index (κ2) is 7.52. The van der Waals surface area contributed by atoms with E-state index in [1.54, 1.807) is 6.20 Å². The number of rotatable bonds is 6. The first-order chi connectivity index (χ1) is 9.72. The fourth-order valence-corrected chi connectivity index (χ4v) is 2.19. The van der Waals surface area contributed by atoms with Gasteiger partial charge in [0.05, 0.1) is 37.4 Å². The number of hydrogen-bond donors (Lipinski definition) is 2. The molecule has 0 bridgehead atoms. The summed E-state index contributed by atoms with van der Waals surface area (Å²) in [5, 5.41) is 12.4. The smallest absolute Gasteiger partial charge is 0.144 e. The molecule has 1 saturated heterocycles. The number of aliphatic hydroxyl groups excluding tert-OH is 1. The van der Waals surface area contributed by atoms with Gasteiger partial charge in [-0.2, -0.15) is 0 Å². The average molecular weight is 280 g/mol. The van der Waals surface area contributed by atoms with Crippen molar-refractivity contribution in [2.24, 2.45) is 0 Å². The Bertz CT molecular complexity index is 399. The zero-order chi connectivity index (χ0) is 14.4. The van der Waals surface area contributed by atoms with Crippen molar-refractivity contribution in [2.75, 3.05) is 31.6 Å². The molecular weight excluding hydrogens is 256 g/mol. The Labute approximate surface area is 120 Å². The third kappa shape index (κ3) is 4.13. The zero-order valence-corrected chi connectivity index (χ0v) is 12.2. The van der Waals surface area contributed by atoms with Crippen LogP contribution in [0.25, 0.3) is 0 Å². The minimum Gasteiger partial charge on any atom is -0.394 e. The van der Waals surface area contributed by atoms with Gasteiger partial charge in [0.25, 0.3) is 0 Å². The minimum absolute atomic E-state index is 0.0643. The Morgan fingerprint density at radius 2 is 2.30 bits per heavy atom. The summed E-state index contributed by atoms with van der Waals surface area (Å²) < 4.78 is 5.53. The lowest BCUT2D eigenvalue weighted by molar-refractivity contribution is -0.0808. The van der Waals surface area contributed by atoms with E-state index in [0.717, 1.165) is 37.6 Å². The molecule has 1 fully saturated rings. The fraction of sp³-hybridized carbons (Fsp3) is 0.714. The van der Waals surface area contributed by atoms with Gasteiger partial charge in [-0.1, -0.05) is 6.92 Å². The summed E-state index contributed by atoms with van der Waals surface area (Å²) in [4.78, 5) is 11.1. The molecule has 0 amide bonds. The van der Waals surface area contributed by atoms with Crippen LogP contribution in [0.5, 0.6) is 0 Å². The number of hydrogen-bond acceptors (Lipinski definition) is 6. The van der Waals surface area contributed by atoms with Crippen LogP contribution in [0.4, 0.5) is 5.82 Å². The van der Waals surface area contributed by atoms with Gasteiger partial charge < -0.3 is 15.2 Å². The number of nitrogens with one attached hydrogen (secondary N) is 1. The Morgan fingerprint density at radius 1 is 1.45 bits per heavy atom. The largest absolute Gasteiger partial charge is 0.394 e. The predicted molar refractivity (Wildman–Crippen MR) is 77.5 cm³/mol. The van der Waals surface area contributed by atoms with Crippen molar-refractivity contribution < 1.29 is 9.84 Å². The van der Waals surface area contributed by atoms with Crippen molar-refractivity contribution in [2.45, 2.75) is 39.0 Å². The highest BCUT2D eigenvalue weighted by molar-refractivity contribution is 5.30. The van der Waals surface area contributed by atoms with Crippen LogP contribution in [0.1, 0.15) is 26.0 Å². The molecule has 0 spiro atoms. The monoisotopic (exact) mass is 280 g/mol. The molecule has 112 valence electrons. The standard InChI is InChI=1S/C14H24N4O2/c1-3-4-15-14-6-16-12(5-17-14)7-18-8-13(9-19)20-10-11(18)2/h5-6,11,13,19H,3-4,7-10H2,1-2H3,(H,15,17). The third-order valence-corrected chi connectivity index (χ3v) is 3.46. The zero-order valence-electron chi connectivity index (χ0n) is 12.2. The Morgan fingerprint density at radius 3 is 2.95 bits per heavy atom. The summed E-state index contributed by atoms with van der Waals surface area (Å²) in [6.45, 7) is 7.33. The van der Waals surface area contributed by atoms with Crippen molar-refractivity contribution in [1.82, 2.24) is 14.9 Å². The van der Waals surface area contributed by atoms with Gasteiger partial charge in [-0.25, -0.2) is 4.98 Å². The van der Waals surface area contributed by atoms with E-state index in [4.69, 9.17) is 4.74 Å². The van der Waals surface area contributed by atoms with Crippen LogP contribution in [-0.4, -0.2) is 58.4 Å². The van der Waals surface area contributed by atoms with Crippen molar-refractivity contribution >= 4 is 5.82 Å². The summed E-state index contributed by atoms with van der Waals surface area (Å²) >= 11 is 0. The number of morpholine rings is 1. The molecule has 0 aliphatic carbocycles. The summed E-state index contributed by atoms with van der Waals surface area (Å²) in [6, 6.07) is 0.331. The summed E-state index contributed by atoms with van der Waals surface area (Å²) in [6.07, 6.45) is 4.56. The highest BCUT2D eigenvalue weighted by Gasteiger charge is 2.25. The number of nitrogens with zero attached hydrogens (tertiary/aromatic N) is 3. The molecule has 0 saturated carbocycles. The Hall–Kier alpha value is -1.24. The van der Waals surface area contributed by atoms with Gasteiger partial charge in [-0.05, 0) is 13.3 Å². The summed E-state index contributed by atoms with van der Waals surface area (Å²) in [5.41, 5.74) is 0.942. The fourth-order valence-electron chi connectivity index (χ4n) is 2.19.